The van der Waals surface area contributed by atoms with E-state index >= 15 is 4.79 Å². The zero-order valence-corrected chi connectivity index (χ0v) is 36.3. The van der Waals surface area contributed by atoms with E-state index in [1.807, 2.05) is 6.92 Å². The molecule has 0 unspecified atom stereocenters. The fraction of sp³-hybridized carbons (Fsp3) is 0.523. The van der Waals surface area contributed by atoms with Crippen molar-refractivity contribution in [1.29, 1.82) is 0 Å². The summed E-state index contributed by atoms with van der Waals surface area (Å²) in [7, 11) is -2.57. The monoisotopic (exact) mass is 901 g/mol. The lowest BCUT2D eigenvalue weighted by Gasteiger charge is -2.45. The fourth-order valence-electron chi connectivity index (χ4n) is 8.83. The van der Waals surface area contributed by atoms with E-state index in [1.54, 1.807) is 36.4 Å². The number of amides is 4. The minimum atomic E-state index is -5.13. The Morgan fingerprint density at radius 2 is 1.73 bits per heavy atom. The molecule has 3 aromatic rings. The van der Waals surface area contributed by atoms with E-state index in [2.05, 4.69) is 10.0 Å². The lowest BCUT2D eigenvalue weighted by Crippen LogP contribution is -2.66. The van der Waals surface area contributed by atoms with Gasteiger partial charge in [-0.15, -0.1) is 0 Å². The highest BCUT2D eigenvalue weighted by Crippen LogP contribution is 2.47. The summed E-state index contributed by atoms with van der Waals surface area (Å²) >= 11 is 0. The van der Waals surface area contributed by atoms with Crippen LogP contribution in [0.15, 0.2) is 60.7 Å². The number of benzene rings is 2. The van der Waals surface area contributed by atoms with Crippen LogP contribution in [0.3, 0.4) is 0 Å². The molecule has 2 aromatic carbocycles. The first-order chi connectivity index (χ1) is 29.6. The molecule has 3 heterocycles. The van der Waals surface area contributed by atoms with Gasteiger partial charge in [-0.25, -0.2) is 22.6 Å². The molecule has 0 spiro atoms. The molecule has 0 bridgehead atoms. The van der Waals surface area contributed by atoms with Gasteiger partial charge in [0.25, 0.3) is 5.91 Å². The molecular formula is C44H51F4N5O9S. The van der Waals surface area contributed by atoms with Gasteiger partial charge < -0.3 is 24.8 Å². The first kappa shape index (κ1) is 45.6. The maximum atomic E-state index is 15.2. The number of hydrogen-bond acceptors (Lipinski definition) is 9. The number of nitrogens with one attached hydrogen (secondary N) is 2. The molecule has 3 N–H and O–H groups in total. The molecule has 1 aromatic heterocycles. The van der Waals surface area contributed by atoms with Crippen LogP contribution >= 0.6 is 0 Å². The summed E-state index contributed by atoms with van der Waals surface area (Å²) in [5.41, 5.74) is -3.93. The minimum absolute atomic E-state index is 0.0270. The van der Waals surface area contributed by atoms with Crippen LogP contribution in [-0.2, 0) is 24.4 Å². The molecule has 4 aliphatic rings. The van der Waals surface area contributed by atoms with Crippen LogP contribution < -0.4 is 19.5 Å². The summed E-state index contributed by atoms with van der Waals surface area (Å²) < 4.78 is 98.4. The quantitative estimate of drug-likeness (QED) is 0.157. The largest absolute Gasteiger partial charge is 0.497 e. The number of allylic oxidation sites excluding steroid dienone is 1. The predicted molar refractivity (Wildman–Crippen MR) is 222 cm³/mol. The van der Waals surface area contributed by atoms with Crippen LogP contribution in [0.2, 0.25) is 0 Å². The van der Waals surface area contributed by atoms with Gasteiger partial charge in [0.2, 0.25) is 27.7 Å². The average molecular weight is 902 g/mol. The number of aromatic nitrogens is 1. The van der Waals surface area contributed by atoms with Crippen molar-refractivity contribution >= 4 is 44.6 Å². The molecule has 63 heavy (non-hydrogen) atoms. The zero-order chi connectivity index (χ0) is 45.8. The molecule has 2 aliphatic heterocycles. The Morgan fingerprint density at radius 1 is 1.03 bits per heavy atom. The van der Waals surface area contributed by atoms with Gasteiger partial charge in [0.05, 0.1) is 24.6 Å². The molecule has 7 rings (SSSR count). The van der Waals surface area contributed by atoms with Gasteiger partial charge in [-0.05, 0) is 118 Å². The van der Waals surface area contributed by atoms with Crippen LogP contribution in [0, 0.1) is 23.6 Å². The fourth-order valence-corrected chi connectivity index (χ4v) is 10.2. The van der Waals surface area contributed by atoms with Crippen molar-refractivity contribution in [3.63, 3.8) is 0 Å². The Morgan fingerprint density at radius 3 is 2.37 bits per heavy atom. The number of carbonyl (C=O) groups is 4. The smallest absolute Gasteiger partial charge is 0.411 e. The molecule has 0 radical (unpaired) electrons. The number of sulfonamides is 1. The predicted octanol–water partition coefficient (Wildman–Crippen LogP) is 6.58. The number of ether oxygens (including phenoxy) is 2. The first-order valence-corrected chi connectivity index (χ1v) is 22.5. The number of rotatable bonds is 9. The third kappa shape index (κ3) is 9.15. The molecule has 2 aliphatic carbocycles. The SMILES string of the molecule is COc1ccc2c(O[C@@H]3C[C@H]4C(=O)N[C@]5(C(=O)NS(=O)(=O)C6CC6)C[C@H]5C=CCC[C@H](C)C[C@@H](C)[C@H](N(C(=O)O)C(C)(C)C(F)(F)F)C(=O)N4C3)nc(-c3ccc(F)cc3)cc2c1. The second-order valence-electron chi connectivity index (χ2n) is 17.8. The zero-order valence-electron chi connectivity index (χ0n) is 35.4. The van der Waals surface area contributed by atoms with Gasteiger partial charge in [0, 0.05) is 23.3 Å². The lowest BCUT2D eigenvalue weighted by atomic mass is 9.85. The Bertz CT molecular complexity index is 2430. The summed E-state index contributed by atoms with van der Waals surface area (Å²) in [4.78, 5) is 62.6. The van der Waals surface area contributed by atoms with Gasteiger partial charge in [-0.1, -0.05) is 26.0 Å². The van der Waals surface area contributed by atoms with Crippen molar-refractivity contribution in [2.45, 2.75) is 113 Å². The van der Waals surface area contributed by atoms with E-state index in [-0.39, 0.29) is 36.0 Å². The highest BCUT2D eigenvalue weighted by atomic mass is 32.2. The summed E-state index contributed by atoms with van der Waals surface area (Å²) in [6.45, 7) is 4.28. The molecular weight excluding hydrogens is 851 g/mol. The number of alkyl halides is 3. The number of pyridine rings is 1. The summed E-state index contributed by atoms with van der Waals surface area (Å²) in [6, 6.07) is 8.86. The van der Waals surface area contributed by atoms with Crippen LogP contribution in [0.25, 0.3) is 22.0 Å². The number of fused-ring (bicyclic) bond motifs is 3. The number of halogens is 4. The van der Waals surface area contributed by atoms with E-state index in [1.165, 1.54) is 38.3 Å². The molecule has 340 valence electrons. The number of carboxylic acid groups (broad SMARTS) is 1. The maximum Gasteiger partial charge on any atom is 0.411 e. The molecule has 4 amide bonds. The van der Waals surface area contributed by atoms with Crippen molar-refractivity contribution in [2.24, 2.45) is 17.8 Å². The van der Waals surface area contributed by atoms with E-state index < -0.39 is 98.7 Å². The van der Waals surface area contributed by atoms with Crippen LogP contribution in [-0.4, -0.2) is 106 Å². The highest BCUT2D eigenvalue weighted by molar-refractivity contribution is 7.91. The molecule has 14 nitrogen and oxygen atoms in total. The number of carbonyl (C=O) groups excluding carboxylic acids is 3. The number of hydrogen-bond donors (Lipinski definition) is 3. The Kier molecular flexibility index (Phi) is 12.2. The van der Waals surface area contributed by atoms with Gasteiger partial charge in [0.15, 0.2) is 0 Å². The Balaban J connectivity index is 1.32. The molecule has 19 heteroatoms. The molecule has 1 saturated heterocycles. The third-order valence-electron chi connectivity index (χ3n) is 12.8. The summed E-state index contributed by atoms with van der Waals surface area (Å²) in [5.74, 6) is -4.75. The van der Waals surface area contributed by atoms with Crippen LogP contribution in [0.5, 0.6) is 11.6 Å². The van der Waals surface area contributed by atoms with Crippen molar-refractivity contribution in [3.8, 4) is 22.9 Å². The van der Waals surface area contributed by atoms with Crippen molar-refractivity contribution in [2.75, 3.05) is 13.7 Å². The van der Waals surface area contributed by atoms with E-state index in [0.717, 1.165) is 4.90 Å². The van der Waals surface area contributed by atoms with Crippen molar-refractivity contribution in [1.82, 2.24) is 24.8 Å². The van der Waals surface area contributed by atoms with Crippen molar-refractivity contribution in [3.05, 3.63) is 66.5 Å². The molecule has 3 fully saturated rings. The summed E-state index contributed by atoms with van der Waals surface area (Å²) in [6.07, 6.45) is -3.15. The van der Waals surface area contributed by atoms with E-state index in [0.29, 0.717) is 67.3 Å². The van der Waals surface area contributed by atoms with Crippen molar-refractivity contribution < 1.29 is 59.7 Å². The van der Waals surface area contributed by atoms with Gasteiger partial charge in [-0.3, -0.25) is 24.0 Å². The second kappa shape index (κ2) is 16.9. The van der Waals surface area contributed by atoms with E-state index in [9.17, 15) is 45.5 Å². The maximum absolute atomic E-state index is 15.2. The van der Waals surface area contributed by atoms with Crippen LogP contribution in [0.4, 0.5) is 22.4 Å². The topological polar surface area (TPSA) is 185 Å². The Labute approximate surface area is 362 Å². The average Bonchev–Trinajstić information content (AvgIpc) is 4.14. The number of methoxy groups -OCH3 is 1. The first-order valence-electron chi connectivity index (χ1n) is 20.9. The van der Waals surface area contributed by atoms with Crippen LogP contribution in [0.1, 0.15) is 72.6 Å². The summed E-state index contributed by atoms with van der Waals surface area (Å²) in [5, 5.41) is 13.6. The standard InChI is InChI=1S/C44H51F4N5O9S/c1-24-8-6-7-9-28-22-43(28,40(56)51-63(59,60)32-15-16-32)50-37(54)35-21-31(23-52(35)39(55)36(25(2)18-24)53(41(57)58)42(3,4)44(46,47)48)62-38-33-17-14-30(61-5)19-27(33)20-34(49-38)26-10-12-29(45)13-11-26/h7,9-14,17,19-20,24-25,28,31-32,35-36H,6,8,15-16,18,21-23H2,1-5H3,(H,50,54)(H,51,56)(H,57,58)/t24-,25+,28+,31+,35-,36-,43+/m0/s1. The van der Waals surface area contributed by atoms with Gasteiger partial charge in [-0.2, -0.15) is 13.2 Å². The normalized spacial score (nSPS) is 27.0. The number of nitrogens with zero attached hydrogens (tertiary/aromatic N) is 3. The lowest BCUT2D eigenvalue weighted by molar-refractivity contribution is -0.222. The molecule has 7 atom stereocenters. The third-order valence-corrected chi connectivity index (χ3v) is 14.6. The van der Waals surface area contributed by atoms with Gasteiger partial charge in [0.1, 0.15) is 40.8 Å². The van der Waals surface area contributed by atoms with Gasteiger partial charge >= 0.3 is 12.3 Å². The highest BCUT2D eigenvalue weighted by Gasteiger charge is 2.63. The molecule has 2 saturated carbocycles. The second-order valence-corrected chi connectivity index (χ2v) is 19.8. The Hall–Kier alpha value is -5.46. The van der Waals surface area contributed by atoms with E-state index in [4.69, 9.17) is 14.5 Å². The minimum Gasteiger partial charge on any atom is -0.497 e.